The molecule has 1 fully saturated rings. The maximum absolute atomic E-state index is 11.0. The number of carboxylic acid groups (broad SMARTS) is 1. The summed E-state index contributed by atoms with van der Waals surface area (Å²) in [5.74, 6) is -0.956. The molecule has 0 atom stereocenters. The number of ether oxygens (including phenoxy) is 1. The molecule has 106 valence electrons. The average molecular weight is 267 g/mol. The molecule has 6 heteroatoms. The molecule has 1 N–H and O–H groups in total. The number of carboxylic acids is 1. The Labute approximate surface area is 113 Å². The molecule has 0 amide bonds. The van der Waals surface area contributed by atoms with Crippen molar-refractivity contribution >= 4 is 5.97 Å². The van der Waals surface area contributed by atoms with Gasteiger partial charge in [-0.1, -0.05) is 6.42 Å². The molecule has 1 aliphatic rings. The van der Waals surface area contributed by atoms with Gasteiger partial charge in [0.15, 0.2) is 0 Å². The van der Waals surface area contributed by atoms with Crippen molar-refractivity contribution in [3.8, 4) is 0 Å². The zero-order valence-corrected chi connectivity index (χ0v) is 11.3. The number of aryl methyl sites for hydroxylation is 1. The standard InChI is InChI=1S/C13H21N3O3/c1-15-9-11(13(17)18)12(14-15)10-19-8-7-16-5-3-2-4-6-16/h9H,2-8,10H2,1H3,(H,17,18). The highest BCUT2D eigenvalue weighted by Gasteiger charge is 2.15. The molecular weight excluding hydrogens is 246 g/mol. The zero-order valence-electron chi connectivity index (χ0n) is 11.3. The number of piperidine rings is 1. The molecule has 0 saturated carbocycles. The summed E-state index contributed by atoms with van der Waals surface area (Å²) in [5.41, 5.74) is 0.717. The van der Waals surface area contributed by atoms with Gasteiger partial charge >= 0.3 is 5.97 Å². The molecule has 0 radical (unpaired) electrons. The van der Waals surface area contributed by atoms with Crippen molar-refractivity contribution in [3.05, 3.63) is 17.5 Å². The van der Waals surface area contributed by atoms with Crippen molar-refractivity contribution < 1.29 is 14.6 Å². The van der Waals surface area contributed by atoms with Crippen LogP contribution >= 0.6 is 0 Å². The SMILES string of the molecule is Cn1cc(C(=O)O)c(COCCN2CCCCC2)n1. The summed E-state index contributed by atoms with van der Waals surface area (Å²) in [6.45, 7) is 4.09. The molecular formula is C13H21N3O3. The van der Waals surface area contributed by atoms with Crippen molar-refractivity contribution in [1.29, 1.82) is 0 Å². The van der Waals surface area contributed by atoms with Crippen LogP contribution in [0.1, 0.15) is 35.3 Å². The van der Waals surface area contributed by atoms with E-state index in [1.54, 1.807) is 7.05 Å². The number of likely N-dealkylation sites (tertiary alicyclic amines) is 1. The van der Waals surface area contributed by atoms with Crippen molar-refractivity contribution in [1.82, 2.24) is 14.7 Å². The second-order valence-electron chi connectivity index (χ2n) is 4.92. The van der Waals surface area contributed by atoms with E-state index >= 15 is 0 Å². The lowest BCUT2D eigenvalue weighted by Crippen LogP contribution is -2.32. The van der Waals surface area contributed by atoms with Gasteiger partial charge < -0.3 is 14.7 Å². The van der Waals surface area contributed by atoms with Crippen LogP contribution in [0, 0.1) is 0 Å². The molecule has 6 nitrogen and oxygen atoms in total. The first-order valence-corrected chi connectivity index (χ1v) is 6.73. The van der Waals surface area contributed by atoms with E-state index in [1.807, 2.05) is 0 Å². The minimum Gasteiger partial charge on any atom is -0.478 e. The number of nitrogens with zero attached hydrogens (tertiary/aromatic N) is 3. The predicted molar refractivity (Wildman–Crippen MR) is 70.1 cm³/mol. The second kappa shape index (κ2) is 6.68. The number of aromatic nitrogens is 2. The Morgan fingerprint density at radius 3 is 2.84 bits per heavy atom. The van der Waals surface area contributed by atoms with Crippen molar-refractivity contribution in [2.24, 2.45) is 7.05 Å². The normalized spacial score (nSPS) is 16.7. The summed E-state index contributed by atoms with van der Waals surface area (Å²) in [7, 11) is 1.71. The molecule has 1 aromatic rings. The summed E-state index contributed by atoms with van der Waals surface area (Å²) in [6, 6.07) is 0. The van der Waals surface area contributed by atoms with E-state index in [0.717, 1.165) is 19.6 Å². The van der Waals surface area contributed by atoms with Gasteiger partial charge in [-0.2, -0.15) is 5.10 Å². The Bertz CT molecular complexity index is 425. The fourth-order valence-corrected chi connectivity index (χ4v) is 2.37. The van der Waals surface area contributed by atoms with Gasteiger partial charge in [0.1, 0.15) is 11.3 Å². The Balaban J connectivity index is 1.74. The highest BCUT2D eigenvalue weighted by Crippen LogP contribution is 2.09. The lowest BCUT2D eigenvalue weighted by molar-refractivity contribution is 0.0675. The fourth-order valence-electron chi connectivity index (χ4n) is 2.37. The lowest BCUT2D eigenvalue weighted by Gasteiger charge is -2.26. The molecule has 0 aliphatic carbocycles. The monoisotopic (exact) mass is 267 g/mol. The van der Waals surface area contributed by atoms with E-state index in [0.29, 0.717) is 12.3 Å². The third-order valence-electron chi connectivity index (χ3n) is 3.38. The maximum atomic E-state index is 11.0. The second-order valence-corrected chi connectivity index (χ2v) is 4.92. The lowest BCUT2D eigenvalue weighted by atomic mass is 10.1. The highest BCUT2D eigenvalue weighted by molar-refractivity contribution is 5.88. The molecule has 2 rings (SSSR count). The molecule has 2 heterocycles. The Morgan fingerprint density at radius 1 is 1.42 bits per heavy atom. The van der Waals surface area contributed by atoms with Gasteiger partial charge in [-0.05, 0) is 25.9 Å². The first-order valence-electron chi connectivity index (χ1n) is 6.73. The molecule has 19 heavy (non-hydrogen) atoms. The molecule has 0 bridgehead atoms. The molecule has 1 saturated heterocycles. The fraction of sp³-hybridized carbons (Fsp3) is 0.692. The Kier molecular flexibility index (Phi) is 4.93. The number of aromatic carboxylic acids is 1. The van der Waals surface area contributed by atoms with Crippen molar-refractivity contribution in [2.45, 2.75) is 25.9 Å². The maximum Gasteiger partial charge on any atom is 0.339 e. The van der Waals surface area contributed by atoms with Crippen molar-refractivity contribution in [2.75, 3.05) is 26.2 Å². The third kappa shape index (κ3) is 4.04. The highest BCUT2D eigenvalue weighted by atomic mass is 16.5. The Hall–Kier alpha value is -1.40. The van der Waals surface area contributed by atoms with E-state index in [-0.39, 0.29) is 12.2 Å². The van der Waals surface area contributed by atoms with Gasteiger partial charge in [0.2, 0.25) is 0 Å². The third-order valence-corrected chi connectivity index (χ3v) is 3.38. The summed E-state index contributed by atoms with van der Waals surface area (Å²) in [4.78, 5) is 13.4. The summed E-state index contributed by atoms with van der Waals surface area (Å²) >= 11 is 0. The van der Waals surface area contributed by atoms with Gasteiger partial charge in [0.05, 0.1) is 13.2 Å². The number of carbonyl (C=O) groups is 1. The smallest absolute Gasteiger partial charge is 0.339 e. The predicted octanol–water partition coefficient (Wildman–Crippen LogP) is 1.12. The number of hydrogen-bond donors (Lipinski definition) is 1. The summed E-state index contributed by atoms with van der Waals surface area (Å²) in [5, 5.41) is 13.1. The van der Waals surface area contributed by atoms with Crippen LogP contribution in [0.4, 0.5) is 0 Å². The van der Waals surface area contributed by atoms with Crippen LogP contribution in [-0.2, 0) is 18.4 Å². The molecule has 0 spiro atoms. The van der Waals surface area contributed by atoms with Crippen LogP contribution in [0.15, 0.2) is 6.20 Å². The van der Waals surface area contributed by atoms with Crippen LogP contribution < -0.4 is 0 Å². The summed E-state index contributed by atoms with van der Waals surface area (Å²) in [6.07, 6.45) is 5.37. The van der Waals surface area contributed by atoms with Crippen LogP contribution in [-0.4, -0.2) is 52.0 Å². The first kappa shape index (κ1) is 14.0. The van der Waals surface area contributed by atoms with Gasteiger partial charge in [-0.3, -0.25) is 4.68 Å². The minimum atomic E-state index is -0.956. The van der Waals surface area contributed by atoms with Crippen molar-refractivity contribution in [3.63, 3.8) is 0 Å². The quantitative estimate of drug-likeness (QED) is 0.782. The van der Waals surface area contributed by atoms with Gasteiger partial charge in [0, 0.05) is 19.8 Å². The zero-order chi connectivity index (χ0) is 13.7. The van der Waals surface area contributed by atoms with E-state index in [9.17, 15) is 4.79 Å². The van der Waals surface area contributed by atoms with E-state index in [2.05, 4.69) is 10.00 Å². The topological polar surface area (TPSA) is 67.6 Å². The van der Waals surface area contributed by atoms with Crippen LogP contribution in [0.2, 0.25) is 0 Å². The van der Waals surface area contributed by atoms with E-state index in [1.165, 1.54) is 30.1 Å². The van der Waals surface area contributed by atoms with E-state index < -0.39 is 5.97 Å². The first-order chi connectivity index (χ1) is 9.16. The molecule has 0 aromatic carbocycles. The molecule has 1 aromatic heterocycles. The van der Waals surface area contributed by atoms with Crippen LogP contribution in [0.5, 0.6) is 0 Å². The Morgan fingerprint density at radius 2 is 2.16 bits per heavy atom. The number of hydrogen-bond acceptors (Lipinski definition) is 4. The summed E-state index contributed by atoms with van der Waals surface area (Å²) < 4.78 is 7.05. The minimum absolute atomic E-state index is 0.223. The van der Waals surface area contributed by atoms with Crippen LogP contribution in [0.3, 0.4) is 0 Å². The van der Waals surface area contributed by atoms with Gasteiger partial charge in [0.25, 0.3) is 0 Å². The van der Waals surface area contributed by atoms with E-state index in [4.69, 9.17) is 9.84 Å². The number of rotatable bonds is 6. The largest absolute Gasteiger partial charge is 0.478 e. The van der Waals surface area contributed by atoms with Gasteiger partial charge in [-0.25, -0.2) is 4.79 Å². The van der Waals surface area contributed by atoms with Crippen LogP contribution in [0.25, 0.3) is 0 Å². The average Bonchev–Trinajstić information content (AvgIpc) is 2.77. The van der Waals surface area contributed by atoms with Gasteiger partial charge in [-0.15, -0.1) is 0 Å². The molecule has 1 aliphatic heterocycles. The molecule has 0 unspecified atom stereocenters.